The molecule has 0 atom stereocenters. The first-order chi connectivity index (χ1) is 6.65. The van der Waals surface area contributed by atoms with Crippen molar-refractivity contribution in [2.45, 2.75) is 32.6 Å². The highest BCUT2D eigenvalue weighted by Gasteiger charge is 2.25. The van der Waals surface area contributed by atoms with Gasteiger partial charge in [0.15, 0.2) is 0 Å². The second-order valence-corrected chi connectivity index (χ2v) is 3.39. The molecule has 1 saturated carbocycles. The number of ether oxygens (including phenoxy) is 1. The Morgan fingerprint density at radius 3 is 2.43 bits per heavy atom. The Balaban J connectivity index is 2.43. The molecule has 0 spiro atoms. The van der Waals surface area contributed by atoms with Gasteiger partial charge in [-0.2, -0.15) is 8.78 Å². The molecule has 0 aliphatic heterocycles. The monoisotopic (exact) mass is 204 g/mol. The van der Waals surface area contributed by atoms with E-state index in [1.807, 2.05) is 0 Å². The molecule has 0 aromatic heterocycles. The Hall–Kier alpha value is -0.930. The molecule has 0 radical (unpaired) electrons. The van der Waals surface area contributed by atoms with E-state index in [0.29, 0.717) is 32.3 Å². The van der Waals surface area contributed by atoms with Gasteiger partial charge >= 0.3 is 5.97 Å². The van der Waals surface area contributed by atoms with Gasteiger partial charge in [0.25, 0.3) is 6.08 Å². The lowest BCUT2D eigenvalue weighted by atomic mass is 9.86. The van der Waals surface area contributed by atoms with Crippen LogP contribution < -0.4 is 0 Å². The Morgan fingerprint density at radius 2 is 2.00 bits per heavy atom. The van der Waals surface area contributed by atoms with Crippen LogP contribution in [0.15, 0.2) is 11.7 Å². The van der Waals surface area contributed by atoms with Crippen molar-refractivity contribution in [3.05, 3.63) is 11.7 Å². The lowest BCUT2D eigenvalue weighted by molar-refractivity contribution is -0.148. The maximum Gasteiger partial charge on any atom is 0.308 e. The van der Waals surface area contributed by atoms with Gasteiger partial charge in [-0.3, -0.25) is 4.79 Å². The standard InChI is InChI=1S/C10H14F2O2/c1-2-14-10(13)8-5-3-7(4-6-8)9(11)12/h8H,2-6H2,1H3. The quantitative estimate of drug-likeness (QED) is 0.646. The van der Waals surface area contributed by atoms with Crippen LogP contribution in [0.4, 0.5) is 8.78 Å². The zero-order valence-corrected chi connectivity index (χ0v) is 8.19. The summed E-state index contributed by atoms with van der Waals surface area (Å²) in [6.07, 6.45) is 0.0570. The summed E-state index contributed by atoms with van der Waals surface area (Å²) >= 11 is 0. The molecule has 1 aliphatic rings. The van der Waals surface area contributed by atoms with Gasteiger partial charge < -0.3 is 4.74 Å². The van der Waals surface area contributed by atoms with Gasteiger partial charge in [-0.05, 0) is 38.2 Å². The number of carbonyl (C=O) groups excluding carboxylic acids is 1. The fraction of sp³-hybridized carbons (Fsp3) is 0.700. The molecule has 1 fully saturated rings. The number of allylic oxidation sites excluding steroid dienone is 1. The maximum atomic E-state index is 12.2. The molecule has 0 aromatic carbocycles. The zero-order valence-electron chi connectivity index (χ0n) is 8.19. The van der Waals surface area contributed by atoms with Crippen LogP contribution in [0.2, 0.25) is 0 Å². The Kier molecular flexibility index (Phi) is 4.04. The number of halogens is 2. The minimum atomic E-state index is -1.58. The molecule has 4 heteroatoms. The summed E-state index contributed by atoms with van der Waals surface area (Å²) in [4.78, 5) is 11.2. The van der Waals surface area contributed by atoms with Gasteiger partial charge in [-0.25, -0.2) is 0 Å². The van der Waals surface area contributed by atoms with Crippen molar-refractivity contribution >= 4 is 5.97 Å². The Bertz CT molecular complexity index is 235. The van der Waals surface area contributed by atoms with E-state index in [9.17, 15) is 13.6 Å². The van der Waals surface area contributed by atoms with E-state index in [-0.39, 0.29) is 17.5 Å². The van der Waals surface area contributed by atoms with E-state index in [1.54, 1.807) is 6.92 Å². The van der Waals surface area contributed by atoms with Gasteiger partial charge in [-0.1, -0.05) is 0 Å². The molecule has 2 nitrogen and oxygen atoms in total. The predicted octanol–water partition coefficient (Wildman–Crippen LogP) is 2.89. The van der Waals surface area contributed by atoms with Gasteiger partial charge in [0.2, 0.25) is 0 Å². The number of rotatable bonds is 2. The number of carbonyl (C=O) groups is 1. The van der Waals surface area contributed by atoms with Crippen molar-refractivity contribution in [3.8, 4) is 0 Å². The molecule has 0 N–H and O–H groups in total. The molecule has 0 aromatic rings. The van der Waals surface area contributed by atoms with Crippen molar-refractivity contribution in [3.63, 3.8) is 0 Å². The third-order valence-corrected chi connectivity index (χ3v) is 2.48. The molecular weight excluding hydrogens is 190 g/mol. The minimum absolute atomic E-state index is 0.182. The third-order valence-electron chi connectivity index (χ3n) is 2.48. The second kappa shape index (κ2) is 5.08. The summed E-state index contributed by atoms with van der Waals surface area (Å²) in [5.41, 5.74) is 0.200. The summed E-state index contributed by atoms with van der Waals surface area (Å²) in [6, 6.07) is 0. The Morgan fingerprint density at radius 1 is 1.43 bits per heavy atom. The van der Waals surface area contributed by atoms with E-state index in [4.69, 9.17) is 4.74 Å². The molecule has 0 amide bonds. The van der Waals surface area contributed by atoms with Crippen LogP contribution in [0.3, 0.4) is 0 Å². The van der Waals surface area contributed by atoms with E-state index < -0.39 is 6.08 Å². The van der Waals surface area contributed by atoms with Crippen LogP contribution in [0.1, 0.15) is 32.6 Å². The molecule has 0 unspecified atom stereocenters. The van der Waals surface area contributed by atoms with Crippen LogP contribution in [0, 0.1) is 5.92 Å². The fourth-order valence-electron chi connectivity index (χ4n) is 1.65. The third kappa shape index (κ3) is 2.79. The first-order valence-corrected chi connectivity index (χ1v) is 4.84. The maximum absolute atomic E-state index is 12.2. The minimum Gasteiger partial charge on any atom is -0.466 e. The molecule has 80 valence electrons. The molecule has 0 bridgehead atoms. The first kappa shape index (κ1) is 11.1. The van der Waals surface area contributed by atoms with E-state index >= 15 is 0 Å². The normalized spacial score (nSPS) is 21.9. The molecule has 14 heavy (non-hydrogen) atoms. The highest BCUT2D eigenvalue weighted by atomic mass is 19.3. The largest absolute Gasteiger partial charge is 0.466 e. The summed E-state index contributed by atoms with van der Waals surface area (Å²) in [7, 11) is 0. The first-order valence-electron chi connectivity index (χ1n) is 4.84. The van der Waals surface area contributed by atoms with Crippen LogP contribution in [0.25, 0.3) is 0 Å². The SMILES string of the molecule is CCOC(=O)C1CCC(=C(F)F)CC1. The average molecular weight is 204 g/mol. The van der Waals surface area contributed by atoms with Crippen LogP contribution in [-0.4, -0.2) is 12.6 Å². The topological polar surface area (TPSA) is 26.3 Å². The summed E-state index contributed by atoms with van der Waals surface area (Å²) < 4.78 is 29.2. The van der Waals surface area contributed by atoms with Gasteiger partial charge in [0.1, 0.15) is 0 Å². The van der Waals surface area contributed by atoms with E-state index in [1.165, 1.54) is 0 Å². The van der Waals surface area contributed by atoms with Crippen molar-refractivity contribution in [2.75, 3.05) is 6.61 Å². The molecule has 1 aliphatic carbocycles. The molecule has 0 saturated heterocycles. The van der Waals surface area contributed by atoms with Crippen molar-refractivity contribution in [1.29, 1.82) is 0 Å². The highest BCUT2D eigenvalue weighted by molar-refractivity contribution is 5.72. The zero-order chi connectivity index (χ0) is 10.6. The smallest absolute Gasteiger partial charge is 0.308 e. The van der Waals surface area contributed by atoms with Gasteiger partial charge in [-0.15, -0.1) is 0 Å². The van der Waals surface area contributed by atoms with E-state index in [2.05, 4.69) is 0 Å². The van der Waals surface area contributed by atoms with Gasteiger partial charge in [0, 0.05) is 0 Å². The number of hydrogen-bond donors (Lipinski definition) is 0. The van der Waals surface area contributed by atoms with Crippen LogP contribution in [0.5, 0.6) is 0 Å². The average Bonchev–Trinajstić information content (AvgIpc) is 2.18. The highest BCUT2D eigenvalue weighted by Crippen LogP contribution is 2.31. The van der Waals surface area contributed by atoms with Crippen molar-refractivity contribution in [2.24, 2.45) is 5.92 Å². The summed E-state index contributed by atoms with van der Waals surface area (Å²) in [5.74, 6) is -0.427. The second-order valence-electron chi connectivity index (χ2n) is 3.39. The predicted molar refractivity (Wildman–Crippen MR) is 47.8 cm³/mol. The summed E-state index contributed by atoms with van der Waals surface area (Å²) in [6.45, 7) is 2.10. The molecule has 1 rings (SSSR count). The summed E-state index contributed by atoms with van der Waals surface area (Å²) in [5, 5.41) is 0. The van der Waals surface area contributed by atoms with Crippen LogP contribution in [-0.2, 0) is 9.53 Å². The number of esters is 1. The van der Waals surface area contributed by atoms with Crippen molar-refractivity contribution in [1.82, 2.24) is 0 Å². The lowest BCUT2D eigenvalue weighted by Gasteiger charge is -2.21. The Labute approximate surface area is 81.9 Å². The number of hydrogen-bond acceptors (Lipinski definition) is 2. The van der Waals surface area contributed by atoms with E-state index in [0.717, 1.165) is 0 Å². The van der Waals surface area contributed by atoms with Crippen molar-refractivity contribution < 1.29 is 18.3 Å². The fourth-order valence-corrected chi connectivity index (χ4v) is 1.65. The molecular formula is C10H14F2O2. The lowest BCUT2D eigenvalue weighted by Crippen LogP contribution is -2.21. The molecule has 0 heterocycles. The van der Waals surface area contributed by atoms with Crippen LogP contribution >= 0.6 is 0 Å². The van der Waals surface area contributed by atoms with Gasteiger partial charge in [0.05, 0.1) is 12.5 Å².